The molecule has 1 atom stereocenters. The Hall–Kier alpha value is -1.26. The lowest BCUT2D eigenvalue weighted by Crippen LogP contribution is -2.46. The lowest BCUT2D eigenvalue weighted by Gasteiger charge is -2.31. The van der Waals surface area contributed by atoms with Gasteiger partial charge in [-0.05, 0) is 19.3 Å². The van der Waals surface area contributed by atoms with Gasteiger partial charge in [0.1, 0.15) is 0 Å². The molecule has 1 aliphatic rings. The SMILES string of the molecule is CCC(CNC(=O)N(C)C1CCCCC1)C(=O)O. The number of hydrogen-bond donors (Lipinski definition) is 2. The normalized spacial score (nSPS) is 18.1. The number of amides is 2. The molecule has 18 heavy (non-hydrogen) atoms. The second kappa shape index (κ2) is 7.24. The third kappa shape index (κ3) is 4.20. The van der Waals surface area contributed by atoms with E-state index in [9.17, 15) is 9.59 Å². The summed E-state index contributed by atoms with van der Waals surface area (Å²) in [5.41, 5.74) is 0. The predicted octanol–water partition coefficient (Wildman–Crippen LogP) is 2.07. The summed E-state index contributed by atoms with van der Waals surface area (Å²) in [5, 5.41) is 11.6. The zero-order valence-corrected chi connectivity index (χ0v) is 11.3. The summed E-state index contributed by atoms with van der Waals surface area (Å²) >= 11 is 0. The molecule has 0 bridgehead atoms. The molecule has 0 aromatic heterocycles. The summed E-state index contributed by atoms with van der Waals surface area (Å²) in [7, 11) is 1.80. The van der Waals surface area contributed by atoms with Crippen LogP contribution in [0, 0.1) is 5.92 Å². The predicted molar refractivity (Wildman–Crippen MR) is 69.5 cm³/mol. The summed E-state index contributed by atoms with van der Waals surface area (Å²) < 4.78 is 0. The monoisotopic (exact) mass is 256 g/mol. The Kier molecular flexibility index (Phi) is 5.95. The standard InChI is InChI=1S/C13H24N2O3/c1-3-10(12(16)17)9-14-13(18)15(2)11-7-5-4-6-8-11/h10-11H,3-9H2,1-2H3,(H,14,18)(H,16,17). The smallest absolute Gasteiger partial charge is 0.317 e. The summed E-state index contributed by atoms with van der Waals surface area (Å²) in [5.74, 6) is -1.34. The van der Waals surface area contributed by atoms with Crippen molar-refractivity contribution in [3.63, 3.8) is 0 Å². The molecule has 2 N–H and O–H groups in total. The Labute approximate surface area is 109 Å². The summed E-state index contributed by atoms with van der Waals surface area (Å²) in [4.78, 5) is 24.5. The maximum atomic E-state index is 11.9. The second-order valence-electron chi connectivity index (χ2n) is 5.03. The van der Waals surface area contributed by atoms with Gasteiger partial charge in [0.05, 0.1) is 5.92 Å². The number of urea groups is 1. The van der Waals surface area contributed by atoms with Gasteiger partial charge in [-0.25, -0.2) is 4.79 Å². The van der Waals surface area contributed by atoms with E-state index in [-0.39, 0.29) is 12.6 Å². The molecular formula is C13H24N2O3. The number of nitrogens with zero attached hydrogens (tertiary/aromatic N) is 1. The van der Waals surface area contributed by atoms with E-state index in [0.29, 0.717) is 12.5 Å². The van der Waals surface area contributed by atoms with E-state index in [4.69, 9.17) is 5.11 Å². The van der Waals surface area contributed by atoms with Gasteiger partial charge in [-0.2, -0.15) is 0 Å². The highest BCUT2D eigenvalue weighted by atomic mass is 16.4. The largest absolute Gasteiger partial charge is 0.481 e. The van der Waals surface area contributed by atoms with Gasteiger partial charge in [-0.1, -0.05) is 26.2 Å². The quantitative estimate of drug-likeness (QED) is 0.791. The van der Waals surface area contributed by atoms with Crippen LogP contribution in [0.4, 0.5) is 4.79 Å². The summed E-state index contributed by atoms with van der Waals surface area (Å²) in [6.07, 6.45) is 6.25. The Morgan fingerprint density at radius 3 is 2.44 bits per heavy atom. The highest BCUT2D eigenvalue weighted by Gasteiger charge is 2.23. The van der Waals surface area contributed by atoms with E-state index in [1.165, 1.54) is 19.3 Å². The molecule has 0 spiro atoms. The number of rotatable bonds is 5. The van der Waals surface area contributed by atoms with Crippen molar-refractivity contribution in [2.24, 2.45) is 5.92 Å². The first-order valence-electron chi connectivity index (χ1n) is 6.79. The number of carbonyl (C=O) groups is 2. The van der Waals surface area contributed by atoms with Gasteiger partial charge in [0, 0.05) is 19.6 Å². The van der Waals surface area contributed by atoms with Gasteiger partial charge < -0.3 is 15.3 Å². The van der Waals surface area contributed by atoms with Crippen LogP contribution in [0.1, 0.15) is 45.4 Å². The van der Waals surface area contributed by atoms with E-state index in [1.54, 1.807) is 11.9 Å². The maximum absolute atomic E-state index is 11.9. The van der Waals surface area contributed by atoms with Crippen LogP contribution in [0.25, 0.3) is 0 Å². The molecule has 5 heteroatoms. The van der Waals surface area contributed by atoms with E-state index >= 15 is 0 Å². The molecule has 5 nitrogen and oxygen atoms in total. The number of hydrogen-bond acceptors (Lipinski definition) is 2. The minimum Gasteiger partial charge on any atom is -0.481 e. The Bertz CT molecular complexity index is 288. The first kappa shape index (κ1) is 14.8. The van der Waals surface area contributed by atoms with Crippen LogP contribution in [0.5, 0.6) is 0 Å². The molecule has 1 aliphatic carbocycles. The van der Waals surface area contributed by atoms with Crippen molar-refractivity contribution in [1.29, 1.82) is 0 Å². The van der Waals surface area contributed by atoms with Crippen molar-refractivity contribution < 1.29 is 14.7 Å². The van der Waals surface area contributed by atoms with Gasteiger partial charge >= 0.3 is 12.0 Å². The molecule has 0 aromatic carbocycles. The molecule has 1 unspecified atom stereocenters. The average molecular weight is 256 g/mol. The number of carboxylic acid groups (broad SMARTS) is 1. The molecule has 0 radical (unpaired) electrons. The van der Waals surface area contributed by atoms with Gasteiger partial charge in [-0.3, -0.25) is 4.79 Å². The molecule has 1 saturated carbocycles. The zero-order chi connectivity index (χ0) is 13.5. The molecule has 104 valence electrons. The molecule has 0 saturated heterocycles. The highest BCUT2D eigenvalue weighted by Crippen LogP contribution is 2.21. The lowest BCUT2D eigenvalue weighted by molar-refractivity contribution is -0.141. The van der Waals surface area contributed by atoms with Crippen LogP contribution in [-0.2, 0) is 4.79 Å². The first-order chi connectivity index (χ1) is 8.56. The van der Waals surface area contributed by atoms with Crippen LogP contribution in [0.2, 0.25) is 0 Å². The average Bonchev–Trinajstić information content (AvgIpc) is 2.39. The van der Waals surface area contributed by atoms with Crippen molar-refractivity contribution in [3.8, 4) is 0 Å². The highest BCUT2D eigenvalue weighted by molar-refractivity contribution is 5.76. The minimum absolute atomic E-state index is 0.151. The Morgan fingerprint density at radius 2 is 1.94 bits per heavy atom. The van der Waals surface area contributed by atoms with Crippen LogP contribution >= 0.6 is 0 Å². The van der Waals surface area contributed by atoms with Gasteiger partial charge in [0.25, 0.3) is 0 Å². The van der Waals surface area contributed by atoms with Crippen LogP contribution in [0.15, 0.2) is 0 Å². The number of aliphatic carboxylic acids is 1. The molecule has 0 aliphatic heterocycles. The molecule has 0 heterocycles. The van der Waals surface area contributed by atoms with E-state index < -0.39 is 11.9 Å². The fraction of sp³-hybridized carbons (Fsp3) is 0.846. The molecule has 1 fully saturated rings. The zero-order valence-electron chi connectivity index (χ0n) is 11.3. The fourth-order valence-corrected chi connectivity index (χ4v) is 2.38. The molecule has 2 amide bonds. The van der Waals surface area contributed by atoms with E-state index in [0.717, 1.165) is 12.8 Å². The van der Waals surface area contributed by atoms with Crippen molar-refractivity contribution in [1.82, 2.24) is 10.2 Å². The van der Waals surface area contributed by atoms with E-state index in [1.807, 2.05) is 6.92 Å². The van der Waals surface area contributed by atoms with Gasteiger partial charge in [0.2, 0.25) is 0 Å². The Balaban J connectivity index is 2.37. The van der Waals surface area contributed by atoms with Crippen LogP contribution in [-0.4, -0.2) is 41.6 Å². The van der Waals surface area contributed by atoms with Gasteiger partial charge in [-0.15, -0.1) is 0 Å². The number of carbonyl (C=O) groups excluding carboxylic acids is 1. The van der Waals surface area contributed by atoms with Crippen LogP contribution < -0.4 is 5.32 Å². The first-order valence-corrected chi connectivity index (χ1v) is 6.79. The van der Waals surface area contributed by atoms with E-state index in [2.05, 4.69) is 5.32 Å². The fourth-order valence-electron chi connectivity index (χ4n) is 2.38. The summed E-state index contributed by atoms with van der Waals surface area (Å²) in [6, 6.07) is 0.158. The van der Waals surface area contributed by atoms with Crippen LogP contribution in [0.3, 0.4) is 0 Å². The molecule has 1 rings (SSSR count). The lowest BCUT2D eigenvalue weighted by atomic mass is 9.95. The minimum atomic E-state index is -0.849. The topological polar surface area (TPSA) is 69.6 Å². The number of carboxylic acids is 1. The maximum Gasteiger partial charge on any atom is 0.317 e. The molecule has 0 aromatic rings. The van der Waals surface area contributed by atoms with Crippen molar-refractivity contribution in [2.75, 3.05) is 13.6 Å². The van der Waals surface area contributed by atoms with Gasteiger partial charge in [0.15, 0.2) is 0 Å². The number of nitrogens with one attached hydrogen (secondary N) is 1. The third-order valence-corrected chi connectivity index (χ3v) is 3.78. The van der Waals surface area contributed by atoms with Crippen molar-refractivity contribution >= 4 is 12.0 Å². The summed E-state index contributed by atoms with van der Waals surface area (Å²) in [6.45, 7) is 2.03. The molecular weight excluding hydrogens is 232 g/mol. The van der Waals surface area contributed by atoms with Crippen molar-refractivity contribution in [2.45, 2.75) is 51.5 Å². The second-order valence-corrected chi connectivity index (χ2v) is 5.03. The third-order valence-electron chi connectivity index (χ3n) is 3.78. The van der Waals surface area contributed by atoms with Crippen molar-refractivity contribution in [3.05, 3.63) is 0 Å². The Morgan fingerprint density at radius 1 is 1.33 bits per heavy atom.